The molecule has 1 aliphatic carbocycles. The van der Waals surface area contributed by atoms with Crippen LogP contribution in [0.3, 0.4) is 0 Å². The number of aliphatic hydroxyl groups excluding tert-OH is 1. The number of likely N-dealkylation sites (tertiary alicyclic amines) is 1. The summed E-state index contributed by atoms with van der Waals surface area (Å²) >= 11 is 4.14. The molecule has 0 aromatic rings. The van der Waals surface area contributed by atoms with Crippen molar-refractivity contribution in [2.75, 3.05) is 25.4 Å². The van der Waals surface area contributed by atoms with Crippen molar-refractivity contribution in [1.29, 1.82) is 0 Å². The van der Waals surface area contributed by atoms with E-state index in [-0.39, 0.29) is 12.5 Å². The highest BCUT2D eigenvalue weighted by molar-refractivity contribution is 7.80. The second-order valence-electron chi connectivity index (χ2n) is 6.07. The van der Waals surface area contributed by atoms with Gasteiger partial charge in [0.25, 0.3) is 0 Å². The van der Waals surface area contributed by atoms with E-state index in [0.717, 1.165) is 24.9 Å². The van der Waals surface area contributed by atoms with Gasteiger partial charge >= 0.3 is 0 Å². The van der Waals surface area contributed by atoms with Gasteiger partial charge in [-0.2, -0.15) is 12.6 Å². The molecule has 28 heavy (non-hydrogen) atoms. The molecule has 8 heteroatoms. The Hall–Kier alpha value is -0.860. The summed E-state index contributed by atoms with van der Waals surface area (Å²) in [5.74, 6) is 2.12. The minimum atomic E-state index is -0.588. The Kier molecular flexibility index (Phi) is 27.5. The zero-order valence-electron chi connectivity index (χ0n) is 18.9. The number of piperidine rings is 1. The Balaban J connectivity index is -0.000000604. The van der Waals surface area contributed by atoms with E-state index in [2.05, 4.69) is 34.0 Å². The molecule has 1 saturated heterocycles. The number of hydrogen-bond donors (Lipinski definition) is 4. The van der Waals surface area contributed by atoms with Crippen LogP contribution in [-0.2, 0) is 4.79 Å². The van der Waals surface area contributed by atoms with Gasteiger partial charge in [0.15, 0.2) is 0 Å². The number of primary amides is 1. The summed E-state index contributed by atoms with van der Waals surface area (Å²) in [6.45, 7) is 14.8. The summed E-state index contributed by atoms with van der Waals surface area (Å²) in [4.78, 5) is 21.2. The van der Waals surface area contributed by atoms with Gasteiger partial charge in [0, 0.05) is 24.1 Å². The van der Waals surface area contributed by atoms with E-state index < -0.39 is 6.10 Å². The highest BCUT2D eigenvalue weighted by Gasteiger charge is 2.32. The molecular weight excluding hydrogens is 376 g/mol. The van der Waals surface area contributed by atoms with Crippen molar-refractivity contribution in [1.82, 2.24) is 10.3 Å². The maximum Gasteiger partial charge on any atom is 0.204 e. The van der Waals surface area contributed by atoms with Crippen LogP contribution in [0.2, 0.25) is 0 Å². The standard InChI is InChI=1S/C13H25N3O2S.3C2H6.CH3NO/c17-13(12(9-19)14-15-18)8-16-6-5-10-3-1-2-4-11(10)7-16;3*1-2;2-1-3/h10-13,17,19H,1-9H2,(H,14,18);3*1-2H3;1H,(H2,2,3). The molecule has 7 nitrogen and oxygen atoms in total. The average Bonchev–Trinajstić information content (AvgIpc) is 2.76. The fourth-order valence-electron chi connectivity index (χ4n) is 3.55. The van der Waals surface area contributed by atoms with Gasteiger partial charge in [-0.25, -0.2) is 0 Å². The molecule has 1 amide bonds. The number of nitrogens with zero attached hydrogens (tertiary/aromatic N) is 2. The van der Waals surface area contributed by atoms with E-state index in [1.165, 1.54) is 32.1 Å². The van der Waals surface area contributed by atoms with Gasteiger partial charge in [0.2, 0.25) is 6.41 Å². The first-order valence-corrected chi connectivity index (χ1v) is 11.5. The van der Waals surface area contributed by atoms with Crippen molar-refractivity contribution < 1.29 is 9.90 Å². The number of nitroso groups, excluding NO2 is 1. The highest BCUT2D eigenvalue weighted by atomic mass is 32.1. The lowest BCUT2D eigenvalue weighted by Gasteiger charge is -2.42. The maximum atomic E-state index is 10.2. The smallest absolute Gasteiger partial charge is 0.204 e. The van der Waals surface area contributed by atoms with Gasteiger partial charge in [-0.3, -0.25) is 10.2 Å². The monoisotopic (exact) mass is 422 g/mol. The van der Waals surface area contributed by atoms with E-state index >= 15 is 0 Å². The van der Waals surface area contributed by atoms with E-state index in [0.29, 0.717) is 12.3 Å². The maximum absolute atomic E-state index is 10.2. The molecule has 4 N–H and O–H groups in total. The number of thiol groups is 1. The number of hydrogen-bond acceptors (Lipinski definition) is 6. The molecule has 2 fully saturated rings. The molecule has 0 aromatic carbocycles. The molecule has 1 heterocycles. The number of nitrogens with one attached hydrogen (secondary N) is 1. The van der Waals surface area contributed by atoms with Gasteiger partial charge in [-0.1, -0.05) is 60.8 Å². The van der Waals surface area contributed by atoms with Crippen LogP contribution in [0, 0.1) is 16.7 Å². The first-order chi connectivity index (χ1) is 13.7. The first-order valence-electron chi connectivity index (χ1n) is 10.9. The predicted molar refractivity (Wildman–Crippen MR) is 123 cm³/mol. The van der Waals surface area contributed by atoms with E-state index in [9.17, 15) is 10.0 Å². The molecule has 0 bridgehead atoms. The molecule has 170 valence electrons. The van der Waals surface area contributed by atoms with Crippen LogP contribution in [0.5, 0.6) is 0 Å². The second kappa shape index (κ2) is 24.2. The highest BCUT2D eigenvalue weighted by Crippen LogP contribution is 2.36. The third-order valence-corrected chi connectivity index (χ3v) is 5.09. The summed E-state index contributed by atoms with van der Waals surface area (Å²) < 4.78 is 0. The van der Waals surface area contributed by atoms with Crippen LogP contribution < -0.4 is 11.2 Å². The van der Waals surface area contributed by atoms with E-state index in [4.69, 9.17) is 4.79 Å². The summed E-state index contributed by atoms with van der Waals surface area (Å²) in [5, 5.41) is 12.8. The summed E-state index contributed by atoms with van der Waals surface area (Å²) in [6.07, 6.45) is 6.38. The third kappa shape index (κ3) is 14.2. The van der Waals surface area contributed by atoms with Crippen LogP contribution in [0.25, 0.3) is 0 Å². The minimum absolute atomic E-state index is 0.250. The van der Waals surface area contributed by atoms with Gasteiger partial charge in [0.1, 0.15) is 0 Å². The molecule has 4 unspecified atom stereocenters. The Morgan fingerprint density at radius 1 is 1.14 bits per heavy atom. The third-order valence-electron chi connectivity index (χ3n) is 4.70. The van der Waals surface area contributed by atoms with E-state index in [1.807, 2.05) is 41.5 Å². The molecule has 0 spiro atoms. The summed E-state index contributed by atoms with van der Waals surface area (Å²) in [7, 11) is 0. The van der Waals surface area contributed by atoms with Crippen molar-refractivity contribution in [3.05, 3.63) is 4.91 Å². The van der Waals surface area contributed by atoms with Gasteiger partial charge < -0.3 is 15.7 Å². The Morgan fingerprint density at radius 2 is 1.64 bits per heavy atom. The zero-order valence-corrected chi connectivity index (χ0v) is 19.8. The van der Waals surface area contributed by atoms with Gasteiger partial charge in [-0.15, -0.1) is 4.91 Å². The fourth-order valence-corrected chi connectivity index (χ4v) is 3.88. The van der Waals surface area contributed by atoms with Crippen molar-refractivity contribution in [2.45, 2.75) is 85.8 Å². The van der Waals surface area contributed by atoms with Crippen molar-refractivity contribution >= 4 is 19.0 Å². The fraction of sp³-hybridized carbons (Fsp3) is 0.950. The van der Waals surface area contributed by atoms with Gasteiger partial charge in [-0.05, 0) is 31.2 Å². The number of fused-ring (bicyclic) bond motifs is 1. The summed E-state index contributed by atoms with van der Waals surface area (Å²) in [6, 6.07) is -0.357. The molecule has 4 atom stereocenters. The minimum Gasteiger partial charge on any atom is -0.390 e. The van der Waals surface area contributed by atoms with E-state index in [1.54, 1.807) is 0 Å². The topological polar surface area (TPSA) is 108 Å². The zero-order chi connectivity index (χ0) is 22.4. The van der Waals surface area contributed by atoms with Crippen molar-refractivity contribution in [3.8, 4) is 0 Å². The second-order valence-corrected chi connectivity index (χ2v) is 6.43. The van der Waals surface area contributed by atoms with Crippen LogP contribution in [0.1, 0.15) is 73.6 Å². The lowest BCUT2D eigenvalue weighted by atomic mass is 9.75. The number of carbonyl (C=O) groups excluding carboxylic acids is 1. The lowest BCUT2D eigenvalue weighted by Crippen LogP contribution is -2.49. The molecule has 1 aliphatic heterocycles. The molecule has 2 aliphatic rings. The normalized spacial score (nSPS) is 22.3. The lowest BCUT2D eigenvalue weighted by molar-refractivity contribution is -0.106. The predicted octanol–water partition coefficient (Wildman–Crippen LogP) is 3.61. The number of carbonyl (C=O) groups is 1. The number of aliphatic hydroxyl groups is 1. The van der Waals surface area contributed by atoms with Crippen LogP contribution >= 0.6 is 12.6 Å². The molecule has 0 aromatic heterocycles. The molecule has 0 radical (unpaired) electrons. The Bertz CT molecular complexity index is 339. The Morgan fingerprint density at radius 3 is 2.11 bits per heavy atom. The van der Waals surface area contributed by atoms with Crippen LogP contribution in [0.15, 0.2) is 5.29 Å². The quantitative estimate of drug-likeness (QED) is 0.226. The average molecular weight is 423 g/mol. The van der Waals surface area contributed by atoms with Gasteiger partial charge in [0.05, 0.1) is 12.1 Å². The molecule has 2 rings (SSSR count). The molecular formula is C20H46N4O3S. The Labute approximate surface area is 178 Å². The van der Waals surface area contributed by atoms with Crippen LogP contribution in [0.4, 0.5) is 0 Å². The SMILES string of the molecule is CC.CC.CC.NC=O.O=NNC(CS)C(O)CN1CCC2CCCCC2C1. The summed E-state index contributed by atoms with van der Waals surface area (Å²) in [5.41, 5.74) is 6.56. The van der Waals surface area contributed by atoms with Crippen molar-refractivity contribution in [2.24, 2.45) is 22.9 Å². The van der Waals surface area contributed by atoms with Crippen molar-refractivity contribution in [3.63, 3.8) is 0 Å². The number of β-amino-alcohol motifs (C(OH)–C–C–N with tert-alkyl or cyclic N) is 1. The van der Waals surface area contributed by atoms with Crippen LogP contribution in [-0.4, -0.2) is 53.9 Å². The number of rotatable bonds is 6. The number of amides is 1. The number of nitrogens with two attached hydrogens (primary N) is 1. The largest absolute Gasteiger partial charge is 0.390 e. The first kappa shape index (κ1) is 31.8. The molecule has 1 saturated carbocycles.